The molecule has 2 amide bonds. The highest BCUT2D eigenvalue weighted by Gasteiger charge is 2.58. The van der Waals surface area contributed by atoms with E-state index in [1.165, 1.54) is 6.42 Å². The number of fused-ring (bicyclic) bond motifs is 2. The van der Waals surface area contributed by atoms with Crippen LogP contribution in [0.3, 0.4) is 0 Å². The molecule has 2 fully saturated rings. The van der Waals surface area contributed by atoms with Gasteiger partial charge >= 0.3 is 0 Å². The summed E-state index contributed by atoms with van der Waals surface area (Å²) >= 11 is 5.95. The summed E-state index contributed by atoms with van der Waals surface area (Å²) in [5.41, 5.74) is -0.244. The lowest BCUT2D eigenvalue weighted by Gasteiger charge is -2.58. The van der Waals surface area contributed by atoms with Crippen molar-refractivity contribution in [2.75, 3.05) is 0 Å². The van der Waals surface area contributed by atoms with Crippen LogP contribution >= 0.6 is 11.6 Å². The fourth-order valence-electron chi connectivity index (χ4n) is 4.75. The summed E-state index contributed by atoms with van der Waals surface area (Å²) in [5, 5.41) is 4.02. The maximum atomic E-state index is 13.2. The van der Waals surface area contributed by atoms with E-state index in [-0.39, 0.29) is 17.9 Å². The molecule has 1 aromatic rings. The van der Waals surface area contributed by atoms with Gasteiger partial charge in [0.25, 0.3) is 11.8 Å². The predicted octanol–water partition coefficient (Wildman–Crippen LogP) is 4.45. The molecule has 1 heterocycles. The van der Waals surface area contributed by atoms with Gasteiger partial charge in [0.2, 0.25) is 0 Å². The molecule has 1 aliphatic heterocycles. The summed E-state index contributed by atoms with van der Waals surface area (Å²) in [7, 11) is 0. The molecule has 0 N–H and O–H groups in total. The normalized spacial score (nSPS) is 31.2. The fraction of sp³-hybridized carbons (Fsp3) is 0.524. The molecule has 2 aliphatic carbocycles. The van der Waals surface area contributed by atoms with Crippen LogP contribution in [0.1, 0.15) is 56.3 Å². The number of nitrogens with zero attached hydrogens (tertiary/aromatic N) is 2. The zero-order valence-corrected chi connectivity index (χ0v) is 16.1. The van der Waals surface area contributed by atoms with E-state index in [9.17, 15) is 9.59 Å². The average Bonchev–Trinajstić information content (AvgIpc) is 3.09. The lowest BCUT2D eigenvalue weighted by Crippen LogP contribution is -2.79. The molecular weight excluding hydrogens is 348 g/mol. The molecule has 1 saturated heterocycles. The quantitative estimate of drug-likeness (QED) is 0.719. The molecule has 3 unspecified atom stereocenters. The summed E-state index contributed by atoms with van der Waals surface area (Å²) in [6.45, 7) is 3.66. The van der Waals surface area contributed by atoms with Gasteiger partial charge in [-0.3, -0.25) is 9.59 Å². The van der Waals surface area contributed by atoms with E-state index in [4.69, 9.17) is 11.6 Å². The number of carbonyl (C=O) groups excluding carboxylic acids is 2. The Morgan fingerprint density at radius 2 is 1.81 bits per heavy atom. The summed E-state index contributed by atoms with van der Waals surface area (Å²) < 4.78 is 0. The molecule has 4 rings (SSSR count). The first kappa shape index (κ1) is 17.6. The maximum Gasteiger partial charge on any atom is 0.273 e. The van der Waals surface area contributed by atoms with Gasteiger partial charge in [0.05, 0.1) is 6.04 Å². The number of hydrogen-bond donors (Lipinski definition) is 0. The Morgan fingerprint density at radius 1 is 1.12 bits per heavy atom. The highest BCUT2D eigenvalue weighted by Crippen LogP contribution is 2.44. The van der Waals surface area contributed by atoms with Crippen molar-refractivity contribution >= 4 is 23.4 Å². The maximum absolute atomic E-state index is 13.2. The van der Waals surface area contributed by atoms with Gasteiger partial charge in [-0.25, -0.2) is 10.0 Å². The van der Waals surface area contributed by atoms with Crippen molar-refractivity contribution in [2.24, 2.45) is 11.8 Å². The highest BCUT2D eigenvalue weighted by molar-refractivity contribution is 6.30. The first-order valence-corrected chi connectivity index (χ1v) is 9.86. The van der Waals surface area contributed by atoms with Crippen molar-refractivity contribution in [3.05, 3.63) is 47.0 Å². The van der Waals surface area contributed by atoms with Crippen molar-refractivity contribution in [3.8, 4) is 0 Å². The van der Waals surface area contributed by atoms with E-state index in [1.54, 1.807) is 34.3 Å². The number of hydrogen-bond acceptors (Lipinski definition) is 2. The molecule has 138 valence electrons. The summed E-state index contributed by atoms with van der Waals surface area (Å²) in [5.74, 6) is 1.11. The largest absolute Gasteiger partial charge is 0.273 e. The van der Waals surface area contributed by atoms with Crippen molar-refractivity contribution in [1.29, 1.82) is 0 Å². The summed E-state index contributed by atoms with van der Waals surface area (Å²) in [4.78, 5) is 26.1. The van der Waals surface area contributed by atoms with E-state index >= 15 is 0 Å². The van der Waals surface area contributed by atoms with Crippen LogP contribution in [0.25, 0.3) is 0 Å². The van der Waals surface area contributed by atoms with Crippen LogP contribution in [-0.4, -0.2) is 33.4 Å². The van der Waals surface area contributed by atoms with Crippen LogP contribution < -0.4 is 0 Å². The second-order valence-corrected chi connectivity index (χ2v) is 8.72. The summed E-state index contributed by atoms with van der Waals surface area (Å²) in [6.07, 6.45) is 9.94. The first-order chi connectivity index (χ1) is 12.4. The van der Waals surface area contributed by atoms with Crippen LogP contribution in [-0.2, 0) is 4.79 Å². The monoisotopic (exact) mass is 372 g/mol. The molecule has 3 aliphatic rings. The number of amides is 2. The van der Waals surface area contributed by atoms with Crippen molar-refractivity contribution in [1.82, 2.24) is 10.0 Å². The van der Waals surface area contributed by atoms with Gasteiger partial charge in [-0.05, 0) is 82.1 Å². The van der Waals surface area contributed by atoms with Crippen LogP contribution in [0.2, 0.25) is 5.02 Å². The van der Waals surface area contributed by atoms with Gasteiger partial charge < -0.3 is 0 Å². The van der Waals surface area contributed by atoms with E-state index in [0.717, 1.165) is 31.6 Å². The van der Waals surface area contributed by atoms with Gasteiger partial charge in [0, 0.05) is 10.6 Å². The van der Waals surface area contributed by atoms with E-state index < -0.39 is 5.54 Å². The minimum atomic E-state index is -0.805. The zero-order valence-electron chi connectivity index (χ0n) is 15.3. The molecule has 26 heavy (non-hydrogen) atoms. The second kappa shape index (κ2) is 6.41. The minimum Gasteiger partial charge on any atom is -0.270 e. The molecule has 2 bridgehead atoms. The Morgan fingerprint density at radius 3 is 2.54 bits per heavy atom. The van der Waals surface area contributed by atoms with Crippen LogP contribution in [0.15, 0.2) is 36.4 Å². The fourth-order valence-corrected chi connectivity index (χ4v) is 4.87. The lowest BCUT2D eigenvalue weighted by atomic mass is 9.86. The Labute approximate surface area is 159 Å². The molecule has 0 aromatic heterocycles. The number of allylic oxidation sites excluding steroid dienone is 1. The molecular formula is C21H25ClN2O2. The van der Waals surface area contributed by atoms with Crippen LogP contribution in [0.4, 0.5) is 0 Å². The molecule has 3 atom stereocenters. The highest BCUT2D eigenvalue weighted by atomic mass is 35.5. The zero-order chi connectivity index (χ0) is 18.5. The smallest absolute Gasteiger partial charge is 0.270 e. The second-order valence-electron chi connectivity index (χ2n) is 8.28. The molecule has 5 heteroatoms. The number of benzene rings is 1. The molecule has 4 nitrogen and oxygen atoms in total. The van der Waals surface area contributed by atoms with Crippen molar-refractivity contribution < 1.29 is 9.59 Å². The molecule has 0 spiro atoms. The lowest BCUT2D eigenvalue weighted by molar-refractivity contribution is -0.212. The topological polar surface area (TPSA) is 40.6 Å². The van der Waals surface area contributed by atoms with Crippen molar-refractivity contribution in [3.63, 3.8) is 0 Å². The predicted molar refractivity (Wildman–Crippen MR) is 102 cm³/mol. The Bertz CT molecular complexity index is 756. The SMILES string of the molecule is CC1(C)C(=O)N(C2C/C=C/CC3CCC2C3)N1C(=O)c1ccc(Cl)cc1. The van der Waals surface area contributed by atoms with E-state index in [2.05, 4.69) is 12.2 Å². The van der Waals surface area contributed by atoms with Gasteiger partial charge in [-0.2, -0.15) is 0 Å². The Hall–Kier alpha value is -1.81. The third-order valence-electron chi connectivity index (χ3n) is 6.21. The number of halogens is 1. The van der Waals surface area contributed by atoms with E-state index in [0.29, 0.717) is 16.5 Å². The Balaban J connectivity index is 1.64. The van der Waals surface area contributed by atoms with Crippen molar-refractivity contribution in [2.45, 2.75) is 57.5 Å². The molecule has 1 saturated carbocycles. The summed E-state index contributed by atoms with van der Waals surface area (Å²) in [6, 6.07) is 6.96. The Kier molecular flexibility index (Phi) is 4.34. The standard InChI is InChI=1S/C21H25ClN2O2/c1-21(2)20(26)23(18-6-4-3-5-14-7-8-16(18)13-14)24(21)19(25)15-9-11-17(22)12-10-15/h3-4,9-12,14,16,18H,5-8,13H2,1-2H3/b4-3+. The molecule has 0 radical (unpaired) electrons. The third-order valence-corrected chi connectivity index (χ3v) is 6.47. The van der Waals surface area contributed by atoms with Gasteiger partial charge in [-0.15, -0.1) is 0 Å². The van der Waals surface area contributed by atoms with Crippen LogP contribution in [0.5, 0.6) is 0 Å². The van der Waals surface area contributed by atoms with E-state index in [1.807, 2.05) is 13.8 Å². The van der Waals surface area contributed by atoms with Crippen LogP contribution in [0, 0.1) is 11.8 Å². The number of hydrazine groups is 1. The van der Waals surface area contributed by atoms with Gasteiger partial charge in [0.15, 0.2) is 0 Å². The molecule has 1 aromatic carbocycles. The van der Waals surface area contributed by atoms with Gasteiger partial charge in [-0.1, -0.05) is 23.8 Å². The first-order valence-electron chi connectivity index (χ1n) is 9.48. The third kappa shape index (κ3) is 2.75. The number of carbonyl (C=O) groups is 2. The number of rotatable bonds is 2. The van der Waals surface area contributed by atoms with Gasteiger partial charge in [0.1, 0.15) is 5.54 Å². The average molecular weight is 373 g/mol. The minimum absolute atomic E-state index is 0.0437.